The van der Waals surface area contributed by atoms with Gasteiger partial charge in [-0.1, -0.05) is 31.4 Å². The van der Waals surface area contributed by atoms with Crippen molar-refractivity contribution in [3.05, 3.63) is 28.8 Å². The Morgan fingerprint density at radius 2 is 1.92 bits per heavy atom. The number of carbonyl (C=O) groups excluding carboxylic acids is 1. The van der Waals surface area contributed by atoms with Gasteiger partial charge in [0.15, 0.2) is 0 Å². The zero-order valence-corrected chi connectivity index (χ0v) is 16.5. The number of benzene rings is 1. The highest BCUT2D eigenvalue weighted by atomic mass is 35.5. The second kappa shape index (κ2) is 8.25. The van der Waals surface area contributed by atoms with E-state index in [2.05, 4.69) is 12.2 Å². The molecule has 3 rings (SSSR count). The molecule has 1 aromatic rings. The minimum atomic E-state index is -3.66. The molecule has 2 atom stereocenters. The topological polar surface area (TPSA) is 75.7 Å². The molecule has 1 saturated carbocycles. The molecule has 144 valence electrons. The molecule has 0 radical (unpaired) electrons. The number of morpholine rings is 1. The summed E-state index contributed by atoms with van der Waals surface area (Å²) in [7, 11) is -3.66. The lowest BCUT2D eigenvalue weighted by molar-refractivity contribution is 0.0730. The van der Waals surface area contributed by atoms with E-state index in [-0.39, 0.29) is 27.4 Å². The second-order valence-electron chi connectivity index (χ2n) is 7.00. The van der Waals surface area contributed by atoms with Gasteiger partial charge in [0.2, 0.25) is 10.0 Å². The van der Waals surface area contributed by atoms with Crippen LogP contribution < -0.4 is 5.32 Å². The molecule has 1 heterocycles. The van der Waals surface area contributed by atoms with Crippen molar-refractivity contribution in [2.24, 2.45) is 5.92 Å². The molecule has 1 aliphatic carbocycles. The maximum absolute atomic E-state index is 12.8. The zero-order valence-electron chi connectivity index (χ0n) is 14.9. The van der Waals surface area contributed by atoms with Crippen LogP contribution in [0.3, 0.4) is 0 Å². The zero-order chi connectivity index (χ0) is 18.7. The highest BCUT2D eigenvalue weighted by Crippen LogP contribution is 2.26. The van der Waals surface area contributed by atoms with Crippen LogP contribution in [0.1, 0.15) is 43.0 Å². The van der Waals surface area contributed by atoms with E-state index < -0.39 is 10.0 Å². The molecule has 1 aliphatic heterocycles. The Morgan fingerprint density at radius 1 is 1.23 bits per heavy atom. The summed E-state index contributed by atoms with van der Waals surface area (Å²) in [6, 6.07) is 4.42. The standard InChI is InChI=1S/C18H25ClN2O4S/c1-13-4-2-3-5-17(13)20-18(22)15-12-14(6-7-16(15)19)26(23,24)21-8-10-25-11-9-21/h6-7,12-13,17H,2-5,8-11H2,1H3,(H,20,22). The summed E-state index contributed by atoms with van der Waals surface area (Å²) in [5.41, 5.74) is 0.207. The van der Waals surface area contributed by atoms with Gasteiger partial charge in [0.1, 0.15) is 0 Å². The third-order valence-corrected chi connectivity index (χ3v) is 7.44. The lowest BCUT2D eigenvalue weighted by atomic mass is 9.86. The Morgan fingerprint density at radius 3 is 2.62 bits per heavy atom. The van der Waals surface area contributed by atoms with Crippen molar-refractivity contribution in [3.63, 3.8) is 0 Å². The molecule has 1 aromatic carbocycles. The molecule has 2 aliphatic rings. The largest absolute Gasteiger partial charge is 0.379 e. The molecule has 1 saturated heterocycles. The third kappa shape index (κ3) is 4.22. The maximum atomic E-state index is 12.8. The van der Waals surface area contributed by atoms with Gasteiger partial charge in [0.05, 0.1) is 28.7 Å². The quantitative estimate of drug-likeness (QED) is 0.843. The first-order valence-corrected chi connectivity index (χ1v) is 10.9. The van der Waals surface area contributed by atoms with E-state index in [9.17, 15) is 13.2 Å². The summed E-state index contributed by atoms with van der Waals surface area (Å²) in [5.74, 6) is 0.0968. The van der Waals surface area contributed by atoms with E-state index >= 15 is 0 Å². The number of hydrogen-bond acceptors (Lipinski definition) is 4. The van der Waals surface area contributed by atoms with Crippen LogP contribution in [-0.2, 0) is 14.8 Å². The minimum absolute atomic E-state index is 0.0886. The summed E-state index contributed by atoms with van der Waals surface area (Å²) in [5, 5.41) is 3.29. The maximum Gasteiger partial charge on any atom is 0.253 e. The number of halogens is 1. The van der Waals surface area contributed by atoms with Crippen LogP contribution in [0.2, 0.25) is 5.02 Å². The number of amides is 1. The van der Waals surface area contributed by atoms with Gasteiger partial charge in [0.25, 0.3) is 5.91 Å². The molecule has 26 heavy (non-hydrogen) atoms. The molecule has 0 spiro atoms. The Hall–Kier alpha value is -1.15. The van der Waals surface area contributed by atoms with Crippen molar-refractivity contribution in [1.29, 1.82) is 0 Å². The van der Waals surface area contributed by atoms with Crippen molar-refractivity contribution in [3.8, 4) is 0 Å². The van der Waals surface area contributed by atoms with Crippen molar-refractivity contribution >= 4 is 27.5 Å². The first kappa shape index (κ1) is 19.6. The third-order valence-electron chi connectivity index (χ3n) is 5.22. The lowest BCUT2D eigenvalue weighted by Gasteiger charge is -2.29. The van der Waals surface area contributed by atoms with Gasteiger partial charge in [-0.2, -0.15) is 4.31 Å². The number of nitrogens with one attached hydrogen (secondary N) is 1. The molecule has 1 amide bonds. The predicted octanol–water partition coefficient (Wildman–Crippen LogP) is 2.67. The van der Waals surface area contributed by atoms with Crippen molar-refractivity contribution in [2.45, 2.75) is 43.5 Å². The average Bonchev–Trinajstić information content (AvgIpc) is 2.64. The minimum Gasteiger partial charge on any atom is -0.379 e. The fourth-order valence-corrected chi connectivity index (χ4v) is 5.19. The van der Waals surface area contributed by atoms with Crippen LogP contribution in [0.4, 0.5) is 0 Å². The van der Waals surface area contributed by atoms with E-state index in [1.54, 1.807) is 0 Å². The summed E-state index contributed by atoms with van der Waals surface area (Å²) >= 11 is 6.19. The van der Waals surface area contributed by atoms with Crippen molar-refractivity contribution in [2.75, 3.05) is 26.3 Å². The summed E-state index contributed by atoms with van der Waals surface area (Å²) in [4.78, 5) is 12.8. The summed E-state index contributed by atoms with van der Waals surface area (Å²) in [6.45, 7) is 3.50. The Kier molecular flexibility index (Phi) is 6.22. The van der Waals surface area contributed by atoms with Crippen molar-refractivity contribution in [1.82, 2.24) is 9.62 Å². The molecule has 0 bridgehead atoms. The first-order chi connectivity index (χ1) is 12.4. The molecular formula is C18H25ClN2O4S. The number of ether oxygens (including phenoxy) is 1. The first-order valence-electron chi connectivity index (χ1n) is 9.08. The van der Waals surface area contributed by atoms with E-state index in [0.29, 0.717) is 32.2 Å². The van der Waals surface area contributed by atoms with Gasteiger partial charge >= 0.3 is 0 Å². The predicted molar refractivity (Wildman–Crippen MR) is 99.9 cm³/mol. The van der Waals surface area contributed by atoms with Crippen LogP contribution in [0, 0.1) is 5.92 Å². The van der Waals surface area contributed by atoms with E-state index in [4.69, 9.17) is 16.3 Å². The van der Waals surface area contributed by atoms with Gasteiger partial charge in [0, 0.05) is 19.1 Å². The molecule has 2 unspecified atom stereocenters. The SMILES string of the molecule is CC1CCCCC1NC(=O)c1cc(S(=O)(=O)N2CCOCC2)ccc1Cl. The molecule has 2 fully saturated rings. The number of hydrogen-bond donors (Lipinski definition) is 1. The average molecular weight is 401 g/mol. The molecule has 0 aromatic heterocycles. The molecule has 6 nitrogen and oxygen atoms in total. The lowest BCUT2D eigenvalue weighted by Crippen LogP contribution is -2.41. The fourth-order valence-electron chi connectivity index (χ4n) is 3.55. The van der Waals surface area contributed by atoms with E-state index in [1.165, 1.54) is 28.9 Å². The van der Waals surface area contributed by atoms with Gasteiger partial charge in [-0.3, -0.25) is 4.79 Å². The van der Waals surface area contributed by atoms with E-state index in [1.807, 2.05) is 0 Å². The Bertz CT molecular complexity index is 762. The number of carbonyl (C=O) groups is 1. The molecule has 1 N–H and O–H groups in total. The van der Waals surface area contributed by atoms with Crippen LogP contribution in [0.25, 0.3) is 0 Å². The second-order valence-corrected chi connectivity index (χ2v) is 9.34. The Labute approximate surface area is 159 Å². The van der Waals surface area contributed by atoms with E-state index in [0.717, 1.165) is 19.3 Å². The Balaban J connectivity index is 1.81. The van der Waals surface area contributed by atoms with Crippen LogP contribution in [-0.4, -0.2) is 51.0 Å². The highest BCUT2D eigenvalue weighted by molar-refractivity contribution is 7.89. The van der Waals surface area contributed by atoms with Gasteiger partial charge < -0.3 is 10.1 Å². The number of rotatable bonds is 4. The molecular weight excluding hydrogens is 376 g/mol. The summed E-state index contributed by atoms with van der Waals surface area (Å²) < 4.78 is 32.2. The van der Waals surface area contributed by atoms with Gasteiger partial charge in [-0.05, 0) is 37.0 Å². The molecule has 8 heteroatoms. The normalized spacial score (nSPS) is 25.0. The van der Waals surface area contributed by atoms with Gasteiger partial charge in [-0.25, -0.2) is 8.42 Å². The number of nitrogens with zero attached hydrogens (tertiary/aromatic N) is 1. The van der Waals surface area contributed by atoms with Crippen LogP contribution in [0.15, 0.2) is 23.1 Å². The van der Waals surface area contributed by atoms with Crippen molar-refractivity contribution < 1.29 is 17.9 Å². The van der Waals surface area contributed by atoms with Crippen LogP contribution >= 0.6 is 11.6 Å². The summed E-state index contributed by atoms with van der Waals surface area (Å²) in [6.07, 6.45) is 4.30. The highest BCUT2D eigenvalue weighted by Gasteiger charge is 2.29. The van der Waals surface area contributed by atoms with Gasteiger partial charge in [-0.15, -0.1) is 0 Å². The fraction of sp³-hybridized carbons (Fsp3) is 0.611. The van der Waals surface area contributed by atoms with Crippen LogP contribution in [0.5, 0.6) is 0 Å². The smallest absolute Gasteiger partial charge is 0.253 e. The monoisotopic (exact) mass is 400 g/mol. The number of sulfonamides is 1.